The van der Waals surface area contributed by atoms with Crippen LogP contribution in [0.25, 0.3) is 0 Å². The number of hydrogen-bond acceptors (Lipinski definition) is 2. The second-order valence-electron chi connectivity index (χ2n) is 5.95. The number of rotatable bonds is 3. The summed E-state index contributed by atoms with van der Waals surface area (Å²) in [5.41, 5.74) is 8.05. The molecule has 0 radical (unpaired) electrons. The molecule has 18 heavy (non-hydrogen) atoms. The standard InChI is InChI=1S/C14H16ClNO2/c1-8-2-3-9(4-10(8)15)13-5-14(6-13,7-13)11(16)12(17)18/h2-4,11H,5-7,16H2,1H3,(H,17,18). The minimum atomic E-state index is -0.884. The number of carbonyl (C=O) groups is 1. The van der Waals surface area contributed by atoms with E-state index in [1.54, 1.807) is 0 Å². The van der Waals surface area contributed by atoms with E-state index in [1.165, 1.54) is 5.56 Å². The van der Waals surface area contributed by atoms with Crippen molar-refractivity contribution in [2.75, 3.05) is 0 Å². The summed E-state index contributed by atoms with van der Waals surface area (Å²) in [6.45, 7) is 1.98. The van der Waals surface area contributed by atoms with Crippen LogP contribution in [0.15, 0.2) is 18.2 Å². The summed E-state index contributed by atoms with van der Waals surface area (Å²) in [4.78, 5) is 11.0. The molecule has 1 aromatic carbocycles. The van der Waals surface area contributed by atoms with Crippen LogP contribution in [0.3, 0.4) is 0 Å². The predicted octanol–water partition coefficient (Wildman–Crippen LogP) is 2.48. The largest absolute Gasteiger partial charge is 0.480 e. The van der Waals surface area contributed by atoms with Gasteiger partial charge in [-0.2, -0.15) is 0 Å². The lowest BCUT2D eigenvalue weighted by Gasteiger charge is -2.72. The molecular weight excluding hydrogens is 250 g/mol. The Morgan fingerprint density at radius 1 is 1.44 bits per heavy atom. The summed E-state index contributed by atoms with van der Waals surface area (Å²) in [5, 5.41) is 9.78. The predicted molar refractivity (Wildman–Crippen MR) is 69.8 cm³/mol. The normalized spacial score (nSPS) is 34.4. The second kappa shape index (κ2) is 3.49. The first-order valence-corrected chi connectivity index (χ1v) is 6.51. The third kappa shape index (κ3) is 1.38. The molecule has 0 spiro atoms. The van der Waals surface area contributed by atoms with Crippen LogP contribution < -0.4 is 5.73 Å². The maximum absolute atomic E-state index is 11.0. The van der Waals surface area contributed by atoms with Crippen molar-refractivity contribution in [2.24, 2.45) is 11.1 Å². The molecule has 3 nitrogen and oxygen atoms in total. The molecule has 0 heterocycles. The molecule has 1 unspecified atom stereocenters. The molecule has 3 saturated carbocycles. The summed E-state index contributed by atoms with van der Waals surface area (Å²) in [7, 11) is 0. The van der Waals surface area contributed by atoms with Gasteiger partial charge in [-0.25, -0.2) is 0 Å². The quantitative estimate of drug-likeness (QED) is 0.883. The Morgan fingerprint density at radius 2 is 2.06 bits per heavy atom. The number of hydrogen-bond donors (Lipinski definition) is 2. The highest BCUT2D eigenvalue weighted by Gasteiger charge is 2.71. The molecule has 1 aromatic rings. The molecule has 3 N–H and O–H groups in total. The van der Waals surface area contributed by atoms with E-state index >= 15 is 0 Å². The van der Waals surface area contributed by atoms with E-state index in [4.69, 9.17) is 22.4 Å². The van der Waals surface area contributed by atoms with E-state index in [1.807, 2.05) is 19.1 Å². The Labute approximate surface area is 111 Å². The Balaban J connectivity index is 1.80. The van der Waals surface area contributed by atoms with Gasteiger partial charge in [-0.1, -0.05) is 23.7 Å². The van der Waals surface area contributed by atoms with Gasteiger partial charge in [-0.05, 0) is 54.2 Å². The molecule has 3 fully saturated rings. The summed E-state index contributed by atoms with van der Waals surface area (Å²) in [6.07, 6.45) is 2.65. The van der Waals surface area contributed by atoms with E-state index in [0.29, 0.717) is 0 Å². The minimum Gasteiger partial charge on any atom is -0.480 e. The lowest BCUT2D eigenvalue weighted by atomic mass is 9.31. The van der Waals surface area contributed by atoms with E-state index in [-0.39, 0.29) is 10.8 Å². The molecule has 0 aromatic heterocycles. The van der Waals surface area contributed by atoms with Crippen LogP contribution in [0.2, 0.25) is 5.02 Å². The molecule has 0 aliphatic heterocycles. The average Bonchev–Trinajstić information content (AvgIpc) is 2.19. The fourth-order valence-electron chi connectivity index (χ4n) is 3.69. The van der Waals surface area contributed by atoms with E-state index < -0.39 is 12.0 Å². The van der Waals surface area contributed by atoms with Crippen molar-refractivity contribution in [1.82, 2.24) is 0 Å². The molecule has 0 saturated heterocycles. The Kier molecular flexibility index (Phi) is 2.32. The van der Waals surface area contributed by atoms with Gasteiger partial charge in [-0.3, -0.25) is 4.79 Å². The van der Waals surface area contributed by atoms with Gasteiger partial charge < -0.3 is 10.8 Å². The van der Waals surface area contributed by atoms with Gasteiger partial charge >= 0.3 is 5.97 Å². The van der Waals surface area contributed by atoms with Crippen LogP contribution in [0.4, 0.5) is 0 Å². The van der Waals surface area contributed by atoms with Gasteiger partial charge in [0.15, 0.2) is 0 Å². The van der Waals surface area contributed by atoms with Crippen molar-refractivity contribution < 1.29 is 9.90 Å². The molecule has 4 heteroatoms. The van der Waals surface area contributed by atoms with Crippen molar-refractivity contribution in [3.8, 4) is 0 Å². The first-order valence-electron chi connectivity index (χ1n) is 6.14. The van der Waals surface area contributed by atoms with E-state index in [9.17, 15) is 4.79 Å². The zero-order valence-corrected chi connectivity index (χ0v) is 11.0. The summed E-state index contributed by atoms with van der Waals surface area (Å²) in [5.74, 6) is -0.884. The van der Waals surface area contributed by atoms with Crippen molar-refractivity contribution in [3.63, 3.8) is 0 Å². The van der Waals surface area contributed by atoms with Crippen LogP contribution in [0, 0.1) is 12.3 Å². The maximum Gasteiger partial charge on any atom is 0.321 e. The van der Waals surface area contributed by atoms with Crippen LogP contribution in [-0.2, 0) is 10.2 Å². The monoisotopic (exact) mass is 265 g/mol. The molecule has 96 valence electrons. The number of carboxylic acids is 1. The summed E-state index contributed by atoms with van der Waals surface area (Å²) in [6, 6.07) is 5.44. The maximum atomic E-state index is 11.0. The molecular formula is C14H16ClNO2. The van der Waals surface area contributed by atoms with Crippen LogP contribution >= 0.6 is 11.6 Å². The number of benzene rings is 1. The molecule has 2 bridgehead atoms. The number of halogens is 1. The van der Waals surface area contributed by atoms with Crippen molar-refractivity contribution in [1.29, 1.82) is 0 Å². The van der Waals surface area contributed by atoms with E-state index in [0.717, 1.165) is 29.8 Å². The van der Waals surface area contributed by atoms with Gasteiger partial charge in [-0.15, -0.1) is 0 Å². The van der Waals surface area contributed by atoms with Gasteiger partial charge in [0.25, 0.3) is 0 Å². The first-order chi connectivity index (χ1) is 8.39. The third-order valence-electron chi connectivity index (χ3n) is 4.78. The molecule has 3 aliphatic carbocycles. The zero-order valence-electron chi connectivity index (χ0n) is 10.2. The molecule has 0 amide bonds. The molecule has 1 atom stereocenters. The minimum absolute atomic E-state index is 0.143. The van der Waals surface area contributed by atoms with E-state index in [2.05, 4.69) is 6.07 Å². The topological polar surface area (TPSA) is 63.3 Å². The van der Waals surface area contributed by atoms with Gasteiger partial charge in [0.2, 0.25) is 0 Å². The Morgan fingerprint density at radius 3 is 2.56 bits per heavy atom. The highest BCUT2D eigenvalue weighted by atomic mass is 35.5. The Bertz CT molecular complexity index is 521. The van der Waals surface area contributed by atoms with Gasteiger partial charge in [0.1, 0.15) is 6.04 Å². The smallest absolute Gasteiger partial charge is 0.321 e. The number of aliphatic carboxylic acids is 1. The van der Waals surface area contributed by atoms with Gasteiger partial charge in [0, 0.05) is 5.02 Å². The highest BCUT2D eigenvalue weighted by Crippen LogP contribution is 2.74. The SMILES string of the molecule is Cc1ccc(C23CC(C(N)C(=O)O)(C2)C3)cc1Cl. The van der Waals surface area contributed by atoms with Crippen molar-refractivity contribution in [2.45, 2.75) is 37.6 Å². The molecule has 3 aliphatic rings. The zero-order chi connectivity index (χ0) is 13.1. The fraction of sp³-hybridized carbons (Fsp3) is 0.500. The second-order valence-corrected chi connectivity index (χ2v) is 6.36. The van der Waals surface area contributed by atoms with Crippen LogP contribution in [0.5, 0.6) is 0 Å². The highest BCUT2D eigenvalue weighted by molar-refractivity contribution is 6.31. The number of nitrogens with two attached hydrogens (primary N) is 1. The summed E-state index contributed by atoms with van der Waals surface area (Å²) >= 11 is 6.15. The van der Waals surface area contributed by atoms with Crippen molar-refractivity contribution >= 4 is 17.6 Å². The Hall–Kier alpha value is -1.06. The van der Waals surface area contributed by atoms with Crippen LogP contribution in [0.1, 0.15) is 30.4 Å². The molecule has 4 rings (SSSR count). The number of aryl methyl sites for hydroxylation is 1. The average molecular weight is 266 g/mol. The lowest BCUT2D eigenvalue weighted by molar-refractivity contribution is -0.178. The third-order valence-corrected chi connectivity index (χ3v) is 5.19. The van der Waals surface area contributed by atoms with Gasteiger partial charge in [0.05, 0.1) is 0 Å². The number of carboxylic acid groups (broad SMARTS) is 1. The summed E-state index contributed by atoms with van der Waals surface area (Å²) < 4.78 is 0. The lowest BCUT2D eigenvalue weighted by Crippen LogP contribution is -2.72. The van der Waals surface area contributed by atoms with Crippen LogP contribution in [-0.4, -0.2) is 17.1 Å². The van der Waals surface area contributed by atoms with Crippen molar-refractivity contribution in [3.05, 3.63) is 34.3 Å². The fourth-order valence-corrected chi connectivity index (χ4v) is 3.87. The first kappa shape index (κ1) is 12.0.